The van der Waals surface area contributed by atoms with Crippen molar-refractivity contribution in [3.63, 3.8) is 0 Å². The third-order valence-corrected chi connectivity index (χ3v) is 4.47. The van der Waals surface area contributed by atoms with Crippen LogP contribution < -0.4 is 10.9 Å². The van der Waals surface area contributed by atoms with Gasteiger partial charge in [0, 0.05) is 30.3 Å². The zero-order chi connectivity index (χ0) is 18.5. The van der Waals surface area contributed by atoms with Gasteiger partial charge in [-0.25, -0.2) is 0 Å². The Morgan fingerprint density at radius 3 is 2.31 bits per heavy atom. The van der Waals surface area contributed by atoms with Crippen molar-refractivity contribution in [3.8, 4) is 11.1 Å². The van der Waals surface area contributed by atoms with Crippen molar-refractivity contribution >= 4 is 17.5 Å². The fourth-order valence-electron chi connectivity index (χ4n) is 2.74. The van der Waals surface area contributed by atoms with Gasteiger partial charge in [0.25, 0.3) is 5.56 Å². The molecule has 0 fully saturated rings. The van der Waals surface area contributed by atoms with Crippen molar-refractivity contribution < 1.29 is 4.79 Å². The first-order chi connectivity index (χ1) is 12.5. The monoisotopic (exact) mass is 366 g/mol. The van der Waals surface area contributed by atoms with E-state index in [4.69, 9.17) is 11.6 Å². The highest BCUT2D eigenvalue weighted by Crippen LogP contribution is 2.20. The first-order valence-corrected chi connectivity index (χ1v) is 8.69. The maximum Gasteiger partial charge on any atom is 0.251 e. The number of carbonyl (C=O) groups is 1. The maximum absolute atomic E-state index is 12.2. The van der Waals surface area contributed by atoms with E-state index >= 15 is 0 Å². The number of carbonyl (C=O) groups excluding carboxylic acids is 1. The molecule has 3 aromatic rings. The van der Waals surface area contributed by atoms with Crippen molar-refractivity contribution in [2.75, 3.05) is 7.05 Å². The van der Waals surface area contributed by atoms with Crippen molar-refractivity contribution in [3.05, 3.63) is 92.9 Å². The lowest BCUT2D eigenvalue weighted by molar-refractivity contribution is -0.119. The van der Waals surface area contributed by atoms with Crippen LogP contribution in [0.1, 0.15) is 16.7 Å². The standard InChI is InChI=1S/C21H19ClN2O2/c1-23-20(25)11-15-2-6-16(7-3-15)18-12-17(21(26)24-13-18)10-14-4-8-19(22)9-5-14/h2-9,12-13H,10-11H2,1H3,(H,23,25)(H,24,26). The highest BCUT2D eigenvalue weighted by Gasteiger charge is 2.07. The van der Waals surface area contributed by atoms with Crippen LogP contribution in [0.3, 0.4) is 0 Å². The summed E-state index contributed by atoms with van der Waals surface area (Å²) in [5.74, 6) is -0.0213. The summed E-state index contributed by atoms with van der Waals surface area (Å²) in [6.45, 7) is 0. The van der Waals surface area contributed by atoms with Crippen molar-refractivity contribution in [1.29, 1.82) is 0 Å². The molecule has 0 spiro atoms. The molecule has 1 aromatic heterocycles. The van der Waals surface area contributed by atoms with Crippen LogP contribution in [0.5, 0.6) is 0 Å². The van der Waals surface area contributed by atoms with Crippen molar-refractivity contribution in [2.24, 2.45) is 0 Å². The van der Waals surface area contributed by atoms with E-state index < -0.39 is 0 Å². The number of likely N-dealkylation sites (N-methyl/N-ethyl adjacent to an activating group) is 1. The van der Waals surface area contributed by atoms with Crippen LogP contribution in [0.4, 0.5) is 0 Å². The summed E-state index contributed by atoms with van der Waals surface area (Å²) in [5.41, 5.74) is 4.48. The number of halogens is 1. The van der Waals surface area contributed by atoms with Crippen molar-refractivity contribution in [2.45, 2.75) is 12.8 Å². The third kappa shape index (κ3) is 4.41. The molecule has 2 aromatic carbocycles. The number of aromatic nitrogens is 1. The Hall–Kier alpha value is -2.85. The Bertz CT molecular complexity index is 961. The van der Waals surface area contributed by atoms with Gasteiger partial charge in [-0.2, -0.15) is 0 Å². The minimum absolute atomic E-state index is 0.0213. The zero-order valence-corrected chi connectivity index (χ0v) is 15.1. The molecule has 132 valence electrons. The molecule has 4 nitrogen and oxygen atoms in total. The number of amides is 1. The number of hydrogen-bond acceptors (Lipinski definition) is 2. The van der Waals surface area contributed by atoms with E-state index in [0.29, 0.717) is 23.4 Å². The number of H-pyrrole nitrogens is 1. The third-order valence-electron chi connectivity index (χ3n) is 4.22. The van der Waals surface area contributed by atoms with E-state index in [1.165, 1.54) is 0 Å². The second kappa shape index (κ2) is 8.02. The summed E-state index contributed by atoms with van der Waals surface area (Å²) in [6, 6.07) is 17.1. The predicted molar refractivity (Wildman–Crippen MR) is 105 cm³/mol. The van der Waals surface area contributed by atoms with E-state index in [0.717, 1.165) is 22.3 Å². The molecule has 2 N–H and O–H groups in total. The Labute approximate surface area is 156 Å². The summed E-state index contributed by atoms with van der Waals surface area (Å²) in [5, 5.41) is 3.29. The van der Waals surface area contributed by atoms with E-state index in [1.807, 2.05) is 54.6 Å². The minimum atomic E-state index is -0.0973. The van der Waals surface area contributed by atoms with Crippen LogP contribution >= 0.6 is 11.6 Å². The van der Waals surface area contributed by atoms with E-state index in [1.54, 1.807) is 13.2 Å². The molecular weight excluding hydrogens is 348 g/mol. The second-order valence-corrected chi connectivity index (χ2v) is 6.53. The van der Waals surface area contributed by atoms with Gasteiger partial charge in [0.1, 0.15) is 0 Å². The molecule has 5 heteroatoms. The van der Waals surface area contributed by atoms with Crippen molar-refractivity contribution in [1.82, 2.24) is 10.3 Å². The molecule has 0 bridgehead atoms. The summed E-state index contributed by atoms with van der Waals surface area (Å²) in [4.78, 5) is 26.4. The topological polar surface area (TPSA) is 62.0 Å². The average molecular weight is 367 g/mol. The average Bonchev–Trinajstić information content (AvgIpc) is 2.66. The van der Waals surface area contributed by atoms with Gasteiger partial charge in [0.15, 0.2) is 0 Å². The molecule has 0 atom stereocenters. The van der Waals surface area contributed by atoms with Gasteiger partial charge in [-0.3, -0.25) is 9.59 Å². The molecule has 0 aliphatic carbocycles. The van der Waals surface area contributed by atoms with E-state index in [-0.39, 0.29) is 11.5 Å². The first-order valence-electron chi connectivity index (χ1n) is 8.31. The second-order valence-electron chi connectivity index (χ2n) is 6.09. The van der Waals surface area contributed by atoms with Gasteiger partial charge in [-0.05, 0) is 40.5 Å². The molecule has 0 aliphatic heterocycles. The fraction of sp³-hybridized carbons (Fsp3) is 0.143. The lowest BCUT2D eigenvalue weighted by Gasteiger charge is -2.07. The summed E-state index contributed by atoms with van der Waals surface area (Å²) < 4.78 is 0. The van der Waals surface area contributed by atoms with Crippen LogP contribution in [0.15, 0.2) is 65.6 Å². The number of pyridine rings is 1. The molecule has 0 saturated carbocycles. The van der Waals surface area contributed by atoms with Gasteiger partial charge >= 0.3 is 0 Å². The van der Waals surface area contributed by atoms with Crippen LogP contribution in [0, 0.1) is 0 Å². The predicted octanol–water partition coefficient (Wildman–Crippen LogP) is 3.57. The van der Waals surface area contributed by atoms with Gasteiger partial charge in [0.05, 0.1) is 6.42 Å². The molecule has 0 unspecified atom stereocenters. The molecule has 1 heterocycles. The number of hydrogen-bond donors (Lipinski definition) is 2. The van der Waals surface area contributed by atoms with E-state index in [9.17, 15) is 9.59 Å². The smallest absolute Gasteiger partial charge is 0.251 e. The molecule has 0 aliphatic rings. The number of benzene rings is 2. The van der Waals surface area contributed by atoms with Crippen LogP contribution in [-0.4, -0.2) is 17.9 Å². The largest absolute Gasteiger partial charge is 0.359 e. The fourth-order valence-corrected chi connectivity index (χ4v) is 2.87. The minimum Gasteiger partial charge on any atom is -0.359 e. The SMILES string of the molecule is CNC(=O)Cc1ccc(-c2c[nH]c(=O)c(Cc3ccc(Cl)cc3)c2)cc1. The Kier molecular flexibility index (Phi) is 5.54. The highest BCUT2D eigenvalue weighted by atomic mass is 35.5. The Morgan fingerprint density at radius 1 is 1.00 bits per heavy atom. The highest BCUT2D eigenvalue weighted by molar-refractivity contribution is 6.30. The Balaban J connectivity index is 1.83. The van der Waals surface area contributed by atoms with Gasteiger partial charge < -0.3 is 10.3 Å². The number of nitrogens with one attached hydrogen (secondary N) is 2. The number of aromatic amines is 1. The molecule has 0 radical (unpaired) electrons. The quantitative estimate of drug-likeness (QED) is 0.725. The van der Waals surface area contributed by atoms with Gasteiger partial charge in [0.2, 0.25) is 5.91 Å². The molecule has 0 saturated heterocycles. The molecule has 3 rings (SSSR count). The van der Waals surface area contributed by atoms with Crippen LogP contribution in [0.25, 0.3) is 11.1 Å². The lowest BCUT2D eigenvalue weighted by Crippen LogP contribution is -2.19. The summed E-state index contributed by atoms with van der Waals surface area (Å²) >= 11 is 5.91. The lowest BCUT2D eigenvalue weighted by atomic mass is 10.0. The number of rotatable bonds is 5. The Morgan fingerprint density at radius 2 is 1.65 bits per heavy atom. The summed E-state index contributed by atoms with van der Waals surface area (Å²) in [6.07, 6.45) is 2.60. The molecule has 26 heavy (non-hydrogen) atoms. The first kappa shape index (κ1) is 18.0. The van der Waals surface area contributed by atoms with Gasteiger partial charge in [-0.1, -0.05) is 48.0 Å². The zero-order valence-electron chi connectivity index (χ0n) is 14.4. The molecular formula is C21H19ClN2O2. The van der Waals surface area contributed by atoms with E-state index in [2.05, 4.69) is 10.3 Å². The molecule has 1 amide bonds. The maximum atomic E-state index is 12.2. The van der Waals surface area contributed by atoms with Crippen LogP contribution in [0.2, 0.25) is 5.02 Å². The normalized spacial score (nSPS) is 10.5. The van der Waals surface area contributed by atoms with Gasteiger partial charge in [-0.15, -0.1) is 0 Å². The van der Waals surface area contributed by atoms with Crippen LogP contribution in [-0.2, 0) is 17.6 Å². The summed E-state index contributed by atoms with van der Waals surface area (Å²) in [7, 11) is 1.62.